The van der Waals surface area contributed by atoms with Gasteiger partial charge in [-0.05, 0) is 49.2 Å². The predicted molar refractivity (Wildman–Crippen MR) is 138 cm³/mol. The van der Waals surface area contributed by atoms with Gasteiger partial charge in [0.05, 0.1) is 36.0 Å². The second-order valence-corrected chi connectivity index (χ2v) is 9.11. The molecule has 0 unspecified atom stereocenters. The zero-order chi connectivity index (χ0) is 25.2. The van der Waals surface area contributed by atoms with E-state index in [0.717, 1.165) is 36.3 Å². The minimum Gasteiger partial charge on any atom is -0.497 e. The van der Waals surface area contributed by atoms with Gasteiger partial charge < -0.3 is 19.3 Å². The van der Waals surface area contributed by atoms with Gasteiger partial charge in [0.15, 0.2) is 0 Å². The number of anilines is 2. The molecule has 2 saturated heterocycles. The maximum absolute atomic E-state index is 13.8. The fourth-order valence-electron chi connectivity index (χ4n) is 4.64. The van der Waals surface area contributed by atoms with Crippen molar-refractivity contribution in [2.75, 3.05) is 56.3 Å². The van der Waals surface area contributed by atoms with Gasteiger partial charge in [-0.3, -0.25) is 14.9 Å². The van der Waals surface area contributed by atoms with Crippen LogP contribution >= 0.6 is 11.6 Å². The van der Waals surface area contributed by atoms with Crippen LogP contribution in [0.25, 0.3) is 16.9 Å². The Morgan fingerprint density at radius 2 is 1.75 bits per heavy atom. The van der Waals surface area contributed by atoms with Crippen molar-refractivity contribution in [3.63, 3.8) is 0 Å². The molecule has 3 heterocycles. The number of ether oxygens (including phenoxy) is 2. The number of hydrogen-bond donors (Lipinski definition) is 0. The number of halogens is 1. The summed E-state index contributed by atoms with van der Waals surface area (Å²) in [5.74, 6) is 0.581. The van der Waals surface area contributed by atoms with Crippen LogP contribution in [0.4, 0.5) is 17.1 Å². The fraction of sp³-hybridized carbons (Fsp3) is 0.360. The molecule has 1 aromatic heterocycles. The summed E-state index contributed by atoms with van der Waals surface area (Å²) >= 11 is 6.52. The van der Waals surface area contributed by atoms with Crippen LogP contribution in [0.3, 0.4) is 0 Å². The van der Waals surface area contributed by atoms with E-state index in [-0.39, 0.29) is 11.4 Å². The highest BCUT2D eigenvalue weighted by Gasteiger charge is 2.25. The molecule has 3 aromatic rings. The molecular formula is C25H26ClN5O5. The number of nitrogens with zero attached hydrogens (tertiary/aromatic N) is 5. The van der Waals surface area contributed by atoms with Crippen LogP contribution < -0.4 is 20.1 Å². The van der Waals surface area contributed by atoms with E-state index in [1.807, 2.05) is 4.90 Å². The molecule has 2 aromatic carbocycles. The molecule has 0 bridgehead atoms. The van der Waals surface area contributed by atoms with Crippen molar-refractivity contribution in [2.24, 2.45) is 0 Å². The minimum atomic E-state index is -0.493. The van der Waals surface area contributed by atoms with Gasteiger partial charge in [0.25, 0.3) is 11.2 Å². The number of rotatable bonds is 6. The van der Waals surface area contributed by atoms with E-state index in [1.54, 1.807) is 43.5 Å². The van der Waals surface area contributed by atoms with Gasteiger partial charge in [0.2, 0.25) is 0 Å². The molecule has 0 spiro atoms. The maximum atomic E-state index is 13.8. The van der Waals surface area contributed by atoms with E-state index in [4.69, 9.17) is 21.1 Å². The summed E-state index contributed by atoms with van der Waals surface area (Å²) < 4.78 is 11.9. The van der Waals surface area contributed by atoms with E-state index in [1.165, 1.54) is 6.07 Å². The largest absolute Gasteiger partial charge is 0.497 e. The van der Waals surface area contributed by atoms with Crippen LogP contribution in [0.2, 0.25) is 5.02 Å². The van der Waals surface area contributed by atoms with Crippen LogP contribution in [-0.4, -0.2) is 61.2 Å². The molecule has 0 saturated carbocycles. The third kappa shape index (κ3) is 4.61. The quantitative estimate of drug-likeness (QED) is 0.362. The molecule has 2 fully saturated rings. The lowest BCUT2D eigenvalue weighted by Crippen LogP contribution is -2.36. The van der Waals surface area contributed by atoms with E-state index in [2.05, 4.69) is 10.00 Å². The molecule has 0 amide bonds. The summed E-state index contributed by atoms with van der Waals surface area (Å²) in [5.41, 5.74) is 1.67. The predicted octanol–water partition coefficient (Wildman–Crippen LogP) is 3.91. The molecule has 2 aliphatic rings. The third-order valence-electron chi connectivity index (χ3n) is 6.55. The lowest BCUT2D eigenvalue weighted by atomic mass is 10.1. The third-order valence-corrected chi connectivity index (χ3v) is 6.88. The smallest absolute Gasteiger partial charge is 0.295 e. The van der Waals surface area contributed by atoms with Gasteiger partial charge in [-0.2, -0.15) is 9.78 Å². The Bertz CT molecular complexity index is 1350. The highest BCUT2D eigenvalue weighted by Crippen LogP contribution is 2.34. The highest BCUT2D eigenvalue weighted by molar-refractivity contribution is 6.33. The van der Waals surface area contributed by atoms with Gasteiger partial charge in [-0.1, -0.05) is 11.6 Å². The summed E-state index contributed by atoms with van der Waals surface area (Å²) in [7, 11) is 1.55. The van der Waals surface area contributed by atoms with Crippen LogP contribution in [0.15, 0.2) is 47.3 Å². The van der Waals surface area contributed by atoms with E-state index >= 15 is 0 Å². The Morgan fingerprint density at radius 3 is 2.44 bits per heavy atom. The molecule has 0 radical (unpaired) electrons. The van der Waals surface area contributed by atoms with Crippen molar-refractivity contribution in [3.8, 4) is 22.7 Å². The first kappa shape index (κ1) is 24.1. The second-order valence-electron chi connectivity index (χ2n) is 8.70. The molecule has 11 heteroatoms. The van der Waals surface area contributed by atoms with Crippen molar-refractivity contribution in [2.45, 2.75) is 12.8 Å². The lowest BCUT2D eigenvalue weighted by molar-refractivity contribution is -0.384. The van der Waals surface area contributed by atoms with Gasteiger partial charge in [-0.25, -0.2) is 0 Å². The summed E-state index contributed by atoms with van der Waals surface area (Å²) in [6, 6.07) is 11.7. The number of methoxy groups -OCH3 is 1. The standard InChI is InChI=1S/C25H26ClN5O5/c1-35-18-5-6-20(26)19(15-18)21-16-24(29-8-2-3-9-29)25(32)30(27-21)23-14-17(4-7-22(23)31(33)34)28-10-12-36-13-11-28/h4-7,14-16H,2-3,8-13H2,1H3. The topological polar surface area (TPSA) is 103 Å². The maximum Gasteiger partial charge on any atom is 0.295 e. The van der Waals surface area contributed by atoms with E-state index < -0.39 is 10.5 Å². The average Bonchev–Trinajstić information content (AvgIpc) is 3.44. The monoisotopic (exact) mass is 511 g/mol. The Labute approximate surface area is 212 Å². The van der Waals surface area contributed by atoms with Crippen molar-refractivity contribution < 1.29 is 14.4 Å². The normalized spacial score (nSPS) is 15.8. The molecule has 0 N–H and O–H groups in total. The number of morpholine rings is 1. The molecule has 36 heavy (non-hydrogen) atoms. The summed E-state index contributed by atoms with van der Waals surface area (Å²) in [5, 5.41) is 17.0. The Balaban J connectivity index is 1.74. The van der Waals surface area contributed by atoms with E-state index in [9.17, 15) is 14.9 Å². The van der Waals surface area contributed by atoms with Crippen molar-refractivity contribution in [1.82, 2.24) is 9.78 Å². The van der Waals surface area contributed by atoms with Crippen LogP contribution in [0.5, 0.6) is 5.75 Å². The number of nitro groups is 1. The van der Waals surface area contributed by atoms with Gasteiger partial charge in [0, 0.05) is 43.5 Å². The Morgan fingerprint density at radius 1 is 1.00 bits per heavy atom. The first-order valence-corrected chi connectivity index (χ1v) is 12.2. The van der Waals surface area contributed by atoms with Crippen LogP contribution in [-0.2, 0) is 4.74 Å². The molecule has 10 nitrogen and oxygen atoms in total. The fourth-order valence-corrected chi connectivity index (χ4v) is 4.86. The first-order valence-electron chi connectivity index (χ1n) is 11.8. The number of hydrogen-bond acceptors (Lipinski definition) is 8. The minimum absolute atomic E-state index is 0.107. The molecular weight excluding hydrogens is 486 g/mol. The molecule has 5 rings (SSSR count). The summed E-state index contributed by atoms with van der Waals surface area (Å²) in [6.45, 7) is 3.87. The SMILES string of the molecule is COc1ccc(Cl)c(-c2cc(N3CCCC3)c(=O)n(-c3cc(N4CCOCC4)ccc3[N+](=O)[O-])n2)c1. The summed E-state index contributed by atoms with van der Waals surface area (Å²) in [4.78, 5) is 29.3. The zero-order valence-electron chi connectivity index (χ0n) is 19.9. The number of nitro benzene ring substituents is 1. The molecule has 0 aliphatic carbocycles. The van der Waals surface area contributed by atoms with Crippen molar-refractivity contribution >= 4 is 28.7 Å². The molecule has 188 valence electrons. The zero-order valence-corrected chi connectivity index (χ0v) is 20.6. The van der Waals surface area contributed by atoms with Crippen LogP contribution in [0.1, 0.15) is 12.8 Å². The Hall–Kier alpha value is -3.63. The average molecular weight is 512 g/mol. The molecule has 0 atom stereocenters. The number of benzene rings is 2. The summed E-state index contributed by atoms with van der Waals surface area (Å²) in [6.07, 6.45) is 1.92. The highest BCUT2D eigenvalue weighted by atomic mass is 35.5. The lowest BCUT2D eigenvalue weighted by Gasteiger charge is -2.29. The Kier molecular flexibility index (Phi) is 6.80. The first-order chi connectivity index (χ1) is 17.5. The van der Waals surface area contributed by atoms with Crippen LogP contribution in [0, 0.1) is 10.1 Å². The number of aromatic nitrogens is 2. The van der Waals surface area contributed by atoms with Crippen molar-refractivity contribution in [3.05, 3.63) is 68.0 Å². The van der Waals surface area contributed by atoms with Crippen molar-refractivity contribution in [1.29, 1.82) is 0 Å². The van der Waals surface area contributed by atoms with Gasteiger partial charge in [0.1, 0.15) is 17.1 Å². The second kappa shape index (κ2) is 10.2. The molecule has 2 aliphatic heterocycles. The van der Waals surface area contributed by atoms with Gasteiger partial charge >= 0.3 is 0 Å². The van der Waals surface area contributed by atoms with Gasteiger partial charge in [-0.15, -0.1) is 0 Å². The van der Waals surface area contributed by atoms with E-state index in [0.29, 0.717) is 54.0 Å².